The first-order valence-corrected chi connectivity index (χ1v) is 14.1. The fraction of sp³-hybridized carbons (Fsp3) is 0.516. The van der Waals surface area contributed by atoms with Gasteiger partial charge in [-0.3, -0.25) is 4.79 Å². The third-order valence-electron chi connectivity index (χ3n) is 9.28. The molecule has 41 heavy (non-hydrogen) atoms. The van der Waals surface area contributed by atoms with Crippen LogP contribution in [0.15, 0.2) is 48.5 Å². The molecule has 1 heterocycles. The van der Waals surface area contributed by atoms with Crippen LogP contribution in [0.3, 0.4) is 0 Å². The predicted molar refractivity (Wildman–Crippen MR) is 144 cm³/mol. The SMILES string of the molecule is C[C@H]1CN(CCC(C(=O)NCc2cc(C(F)(F)F)cc(C(F)(F)F)c2)C2CC2CN)CC[C@@]12C=Cc1ccccc12. The highest BCUT2D eigenvalue weighted by molar-refractivity contribution is 5.79. The van der Waals surface area contributed by atoms with E-state index in [9.17, 15) is 31.1 Å². The van der Waals surface area contributed by atoms with Crippen molar-refractivity contribution in [2.24, 2.45) is 29.4 Å². The number of nitrogens with one attached hydrogen (secondary N) is 1. The number of allylic oxidation sites excluding steroid dienone is 1. The van der Waals surface area contributed by atoms with Crippen LogP contribution < -0.4 is 11.1 Å². The van der Waals surface area contributed by atoms with E-state index in [1.807, 2.05) is 6.07 Å². The highest BCUT2D eigenvalue weighted by Gasteiger charge is 2.46. The second-order valence-electron chi connectivity index (χ2n) is 11.8. The summed E-state index contributed by atoms with van der Waals surface area (Å²) in [5, 5.41) is 2.63. The van der Waals surface area contributed by atoms with Gasteiger partial charge in [0.25, 0.3) is 0 Å². The highest BCUT2D eigenvalue weighted by Crippen LogP contribution is 2.48. The maximum absolute atomic E-state index is 13.3. The van der Waals surface area contributed by atoms with E-state index in [4.69, 9.17) is 5.73 Å². The Morgan fingerprint density at radius 3 is 2.39 bits per heavy atom. The Labute approximate surface area is 236 Å². The largest absolute Gasteiger partial charge is 0.416 e. The molecular weight excluding hydrogens is 544 g/mol. The molecule has 4 nitrogen and oxygen atoms in total. The number of carbonyl (C=O) groups is 1. The fourth-order valence-corrected chi connectivity index (χ4v) is 6.81. The van der Waals surface area contributed by atoms with Crippen LogP contribution in [-0.4, -0.2) is 37.0 Å². The topological polar surface area (TPSA) is 58.4 Å². The third-order valence-corrected chi connectivity index (χ3v) is 9.28. The van der Waals surface area contributed by atoms with Gasteiger partial charge in [-0.25, -0.2) is 0 Å². The molecule has 5 rings (SSSR count). The smallest absolute Gasteiger partial charge is 0.352 e. The molecule has 0 radical (unpaired) electrons. The van der Waals surface area contributed by atoms with E-state index in [0.717, 1.165) is 25.9 Å². The summed E-state index contributed by atoms with van der Waals surface area (Å²) in [5.74, 6) is -0.143. The molecule has 0 bridgehead atoms. The zero-order chi connectivity index (χ0) is 29.6. The minimum absolute atomic E-state index is 0.00519. The molecule has 2 aromatic carbocycles. The van der Waals surface area contributed by atoms with Crippen LogP contribution in [0.25, 0.3) is 6.08 Å². The number of carbonyl (C=O) groups excluding carboxylic acids is 1. The van der Waals surface area contributed by atoms with Crippen LogP contribution in [0.5, 0.6) is 0 Å². The standard InChI is InChI=1S/C31H35F6N3O/c1-19-18-40(11-9-29(19)8-6-21-4-2-3-5-27(21)29)10-7-25(26-14-22(26)16-38)28(41)39-17-20-12-23(30(32,33)34)15-24(13-20)31(35,36)37/h2-6,8,12-13,15,19,22,25-26H,7,9-11,14,16-18,38H2,1H3,(H,39,41)/t19-,22?,25?,26?,29-/m0/s1. The molecule has 0 aromatic heterocycles. The number of fused-ring (bicyclic) bond motifs is 2. The van der Waals surface area contributed by atoms with E-state index in [1.165, 1.54) is 11.1 Å². The van der Waals surface area contributed by atoms with Crippen molar-refractivity contribution in [3.63, 3.8) is 0 Å². The highest BCUT2D eigenvalue weighted by atomic mass is 19.4. The molecule has 3 aliphatic rings. The molecule has 1 spiro atoms. The summed E-state index contributed by atoms with van der Waals surface area (Å²) in [4.78, 5) is 15.6. The van der Waals surface area contributed by atoms with Crippen molar-refractivity contribution in [3.8, 4) is 0 Å². The molecule has 1 saturated heterocycles. The van der Waals surface area contributed by atoms with Gasteiger partial charge in [0.05, 0.1) is 11.1 Å². The molecule has 10 heteroatoms. The van der Waals surface area contributed by atoms with E-state index in [0.29, 0.717) is 37.6 Å². The van der Waals surface area contributed by atoms with Gasteiger partial charge in [0.1, 0.15) is 0 Å². The van der Waals surface area contributed by atoms with Crippen LogP contribution in [0, 0.1) is 23.7 Å². The Bertz CT molecular complexity index is 1270. The average molecular weight is 580 g/mol. The Morgan fingerprint density at radius 2 is 1.78 bits per heavy atom. The maximum Gasteiger partial charge on any atom is 0.416 e. The zero-order valence-corrected chi connectivity index (χ0v) is 22.9. The number of rotatable bonds is 8. The van der Waals surface area contributed by atoms with Crippen LogP contribution in [0.2, 0.25) is 0 Å². The lowest BCUT2D eigenvalue weighted by atomic mass is 9.68. The van der Waals surface area contributed by atoms with Crippen molar-refractivity contribution >= 4 is 12.0 Å². The fourth-order valence-electron chi connectivity index (χ4n) is 6.81. The number of halogens is 6. The molecule has 2 aromatic rings. The summed E-state index contributed by atoms with van der Waals surface area (Å²) in [6.07, 6.45) is -3.05. The lowest BCUT2D eigenvalue weighted by Gasteiger charge is -2.44. The van der Waals surface area contributed by atoms with Gasteiger partial charge in [-0.1, -0.05) is 43.3 Å². The monoisotopic (exact) mass is 579 g/mol. The second kappa shape index (κ2) is 11.1. The van der Waals surface area contributed by atoms with Gasteiger partial charge >= 0.3 is 12.4 Å². The Hall–Kier alpha value is -2.85. The van der Waals surface area contributed by atoms with E-state index in [2.05, 4.69) is 47.5 Å². The molecule has 3 unspecified atom stereocenters. The average Bonchev–Trinajstić information content (AvgIpc) is 3.61. The molecule has 2 fully saturated rings. The van der Waals surface area contributed by atoms with Gasteiger partial charge in [-0.15, -0.1) is 0 Å². The van der Waals surface area contributed by atoms with E-state index >= 15 is 0 Å². The van der Waals surface area contributed by atoms with Gasteiger partial charge in [0, 0.05) is 24.4 Å². The van der Waals surface area contributed by atoms with Crippen molar-refractivity contribution in [2.75, 3.05) is 26.2 Å². The summed E-state index contributed by atoms with van der Waals surface area (Å²) in [6.45, 7) is 4.68. The van der Waals surface area contributed by atoms with Gasteiger partial charge in [0.15, 0.2) is 0 Å². The molecule has 222 valence electrons. The Balaban J connectivity index is 1.23. The quantitative estimate of drug-likeness (QED) is 0.364. The third kappa shape index (κ3) is 6.18. The molecule has 5 atom stereocenters. The first-order valence-electron chi connectivity index (χ1n) is 14.1. The van der Waals surface area contributed by atoms with Crippen LogP contribution >= 0.6 is 0 Å². The normalized spacial score (nSPS) is 26.7. The van der Waals surface area contributed by atoms with Crippen molar-refractivity contribution in [3.05, 3.63) is 76.4 Å². The van der Waals surface area contributed by atoms with E-state index in [1.54, 1.807) is 0 Å². The lowest BCUT2D eigenvalue weighted by molar-refractivity contribution is -0.143. The van der Waals surface area contributed by atoms with Crippen molar-refractivity contribution in [1.29, 1.82) is 0 Å². The lowest BCUT2D eigenvalue weighted by Crippen LogP contribution is -2.48. The maximum atomic E-state index is 13.3. The summed E-state index contributed by atoms with van der Waals surface area (Å²) < 4.78 is 79.6. The van der Waals surface area contributed by atoms with Gasteiger partial charge < -0.3 is 16.0 Å². The minimum atomic E-state index is -4.94. The van der Waals surface area contributed by atoms with Crippen molar-refractivity contribution in [2.45, 2.75) is 50.5 Å². The number of alkyl halides is 6. The number of likely N-dealkylation sites (tertiary alicyclic amines) is 1. The summed E-state index contributed by atoms with van der Waals surface area (Å²) in [5.41, 5.74) is 5.43. The minimum Gasteiger partial charge on any atom is -0.352 e. The molecule has 3 N–H and O–H groups in total. The van der Waals surface area contributed by atoms with E-state index in [-0.39, 0.29) is 34.8 Å². The Kier molecular flexibility index (Phi) is 8.02. The van der Waals surface area contributed by atoms with Crippen LogP contribution in [0.4, 0.5) is 26.3 Å². The Morgan fingerprint density at radius 1 is 1.10 bits per heavy atom. The molecule has 1 amide bonds. The van der Waals surface area contributed by atoms with Gasteiger partial charge in [-0.05, 0) is 91.5 Å². The number of hydrogen-bond donors (Lipinski definition) is 2. The van der Waals surface area contributed by atoms with Gasteiger partial charge in [0.2, 0.25) is 5.91 Å². The molecule has 1 aliphatic heterocycles. The van der Waals surface area contributed by atoms with Crippen molar-refractivity contribution in [1.82, 2.24) is 10.2 Å². The zero-order valence-electron chi connectivity index (χ0n) is 22.9. The first-order chi connectivity index (χ1) is 19.3. The second-order valence-corrected chi connectivity index (χ2v) is 11.8. The van der Waals surface area contributed by atoms with Crippen molar-refractivity contribution < 1.29 is 31.1 Å². The number of nitrogens with zero attached hydrogens (tertiary/aromatic N) is 1. The first kappa shape index (κ1) is 29.6. The van der Waals surface area contributed by atoms with E-state index < -0.39 is 35.9 Å². The van der Waals surface area contributed by atoms with Crippen LogP contribution in [0.1, 0.15) is 54.0 Å². The molecule has 2 aliphatic carbocycles. The summed E-state index contributed by atoms with van der Waals surface area (Å²) >= 11 is 0. The number of nitrogens with two attached hydrogens (primary N) is 1. The number of amides is 1. The molecule has 1 saturated carbocycles. The summed E-state index contributed by atoms with van der Waals surface area (Å²) in [6, 6.07) is 9.86. The number of benzene rings is 2. The molecular formula is C31H35F6N3O. The summed E-state index contributed by atoms with van der Waals surface area (Å²) in [7, 11) is 0. The number of piperidine rings is 1. The van der Waals surface area contributed by atoms with Crippen LogP contribution in [-0.2, 0) is 29.1 Å². The predicted octanol–water partition coefficient (Wildman–Crippen LogP) is 6.25. The van der Waals surface area contributed by atoms with Gasteiger partial charge in [-0.2, -0.15) is 26.3 Å². The number of hydrogen-bond acceptors (Lipinski definition) is 3.